The molecule has 0 radical (unpaired) electrons. The van der Waals surface area contributed by atoms with Gasteiger partial charge in [-0.1, -0.05) is 18.2 Å². The Morgan fingerprint density at radius 2 is 2.00 bits per heavy atom. The molecule has 0 aliphatic carbocycles. The van der Waals surface area contributed by atoms with Crippen molar-refractivity contribution in [3.63, 3.8) is 0 Å². The molecule has 0 saturated heterocycles. The third-order valence-electron chi connectivity index (χ3n) is 2.54. The molecule has 0 aliphatic rings. The number of sulfonamides is 1. The normalized spacial score (nSPS) is 11.6. The van der Waals surface area contributed by atoms with E-state index >= 15 is 0 Å². The average molecular weight is 361 g/mol. The van der Waals surface area contributed by atoms with Gasteiger partial charge in [0.2, 0.25) is 10.0 Å². The molecule has 4 nitrogen and oxygen atoms in total. The Kier molecular flexibility index (Phi) is 4.62. The molecule has 0 amide bonds. The highest BCUT2D eigenvalue weighted by atomic mass is 79.9. The van der Waals surface area contributed by atoms with Gasteiger partial charge in [-0.05, 0) is 39.0 Å². The molecule has 2 aromatic rings. The van der Waals surface area contributed by atoms with Crippen LogP contribution in [0.2, 0.25) is 0 Å². The van der Waals surface area contributed by atoms with Crippen molar-refractivity contribution in [3.05, 3.63) is 50.6 Å². The smallest absolute Gasteiger partial charge is 0.216 e. The lowest BCUT2D eigenvalue weighted by Crippen LogP contribution is -2.24. The Morgan fingerprint density at radius 3 is 2.63 bits per heavy atom. The Hall–Kier alpha value is -0.890. The van der Waals surface area contributed by atoms with Crippen LogP contribution in [0.4, 0.5) is 5.69 Å². The lowest BCUT2D eigenvalue weighted by molar-refractivity contribution is 0.581. The molecule has 0 unspecified atom stereocenters. The standard InChI is InChI=1S/C12H13BrN2O2S2/c13-10-5-6-18-12(10)7-15-19(16,17)8-9-3-1-2-4-11(9)14/h1-6,15H,7-8,14H2. The van der Waals surface area contributed by atoms with E-state index in [-0.39, 0.29) is 12.3 Å². The molecule has 19 heavy (non-hydrogen) atoms. The molecule has 0 atom stereocenters. The van der Waals surface area contributed by atoms with Gasteiger partial charge >= 0.3 is 0 Å². The topological polar surface area (TPSA) is 72.2 Å². The molecular weight excluding hydrogens is 348 g/mol. The summed E-state index contributed by atoms with van der Waals surface area (Å²) >= 11 is 4.87. The molecule has 7 heteroatoms. The highest BCUT2D eigenvalue weighted by molar-refractivity contribution is 9.10. The maximum Gasteiger partial charge on any atom is 0.216 e. The van der Waals surface area contributed by atoms with Crippen molar-refractivity contribution in [2.75, 3.05) is 5.73 Å². The van der Waals surface area contributed by atoms with Gasteiger partial charge in [0.25, 0.3) is 0 Å². The first-order valence-corrected chi connectivity index (χ1v) is 8.83. The molecule has 2 rings (SSSR count). The van der Waals surface area contributed by atoms with Gasteiger partial charge in [0.1, 0.15) is 0 Å². The first-order chi connectivity index (χ1) is 8.98. The lowest BCUT2D eigenvalue weighted by atomic mass is 10.2. The second-order valence-electron chi connectivity index (χ2n) is 3.97. The van der Waals surface area contributed by atoms with Crippen molar-refractivity contribution in [1.82, 2.24) is 4.72 Å². The van der Waals surface area contributed by atoms with Gasteiger partial charge in [0, 0.05) is 21.6 Å². The summed E-state index contributed by atoms with van der Waals surface area (Å²) in [6.07, 6.45) is 0. The van der Waals surface area contributed by atoms with Crippen LogP contribution in [0.25, 0.3) is 0 Å². The molecule has 0 saturated carbocycles. The zero-order valence-corrected chi connectivity index (χ0v) is 13.2. The molecule has 1 aromatic heterocycles. The summed E-state index contributed by atoms with van der Waals surface area (Å²) in [4.78, 5) is 0.949. The van der Waals surface area contributed by atoms with Crippen LogP contribution in [0.15, 0.2) is 40.2 Å². The van der Waals surface area contributed by atoms with E-state index in [2.05, 4.69) is 20.7 Å². The van der Waals surface area contributed by atoms with E-state index in [4.69, 9.17) is 5.73 Å². The molecule has 0 bridgehead atoms. The van der Waals surface area contributed by atoms with Crippen LogP contribution in [0.1, 0.15) is 10.4 Å². The fraction of sp³-hybridized carbons (Fsp3) is 0.167. The van der Waals surface area contributed by atoms with Gasteiger partial charge in [-0.3, -0.25) is 0 Å². The zero-order chi connectivity index (χ0) is 13.9. The number of para-hydroxylation sites is 1. The minimum absolute atomic E-state index is 0.108. The van der Waals surface area contributed by atoms with Crippen LogP contribution in [-0.2, 0) is 22.3 Å². The number of nitrogens with one attached hydrogen (secondary N) is 1. The largest absolute Gasteiger partial charge is 0.398 e. The summed E-state index contributed by atoms with van der Waals surface area (Å²) in [6, 6.07) is 8.86. The van der Waals surface area contributed by atoms with E-state index in [0.29, 0.717) is 11.3 Å². The third kappa shape index (κ3) is 4.04. The third-order valence-corrected chi connectivity index (χ3v) is 5.75. The van der Waals surface area contributed by atoms with Crippen LogP contribution in [0, 0.1) is 0 Å². The van der Waals surface area contributed by atoms with Gasteiger partial charge in [0.05, 0.1) is 5.75 Å². The monoisotopic (exact) mass is 360 g/mol. The number of halogens is 1. The minimum atomic E-state index is -3.39. The molecule has 102 valence electrons. The first-order valence-electron chi connectivity index (χ1n) is 5.50. The summed E-state index contributed by atoms with van der Waals surface area (Å²) in [5, 5.41) is 1.91. The van der Waals surface area contributed by atoms with Crippen molar-refractivity contribution >= 4 is 43.0 Å². The summed E-state index contributed by atoms with van der Waals surface area (Å²) < 4.78 is 27.5. The van der Waals surface area contributed by atoms with Crippen molar-refractivity contribution in [3.8, 4) is 0 Å². The predicted octanol–water partition coefficient (Wildman–Crippen LogP) is 2.71. The molecule has 0 spiro atoms. The molecular formula is C12H13BrN2O2S2. The van der Waals surface area contributed by atoms with Gasteiger partial charge in [0.15, 0.2) is 0 Å². The number of nitrogens with two attached hydrogens (primary N) is 1. The highest BCUT2D eigenvalue weighted by Crippen LogP contribution is 2.22. The second-order valence-corrected chi connectivity index (χ2v) is 7.63. The number of hydrogen-bond acceptors (Lipinski definition) is 4. The van der Waals surface area contributed by atoms with Crippen LogP contribution >= 0.6 is 27.3 Å². The molecule has 3 N–H and O–H groups in total. The van der Waals surface area contributed by atoms with E-state index in [1.165, 1.54) is 11.3 Å². The number of anilines is 1. The second kappa shape index (κ2) is 6.04. The maximum absolute atomic E-state index is 12.0. The fourth-order valence-corrected chi connectivity index (χ4v) is 4.21. The maximum atomic E-state index is 12.0. The van der Waals surface area contributed by atoms with Crippen LogP contribution in [0.5, 0.6) is 0 Å². The number of thiophene rings is 1. The number of nitrogen functional groups attached to an aromatic ring is 1. The number of rotatable bonds is 5. The van der Waals surface area contributed by atoms with Crippen LogP contribution < -0.4 is 10.5 Å². The van der Waals surface area contributed by atoms with Crippen LogP contribution in [0.3, 0.4) is 0 Å². The van der Waals surface area contributed by atoms with Crippen molar-refractivity contribution in [1.29, 1.82) is 0 Å². The Balaban J connectivity index is 2.04. The van der Waals surface area contributed by atoms with Crippen molar-refractivity contribution in [2.45, 2.75) is 12.3 Å². The predicted molar refractivity (Wildman–Crippen MR) is 82.3 cm³/mol. The van der Waals surface area contributed by atoms with Gasteiger partial charge in [-0.15, -0.1) is 11.3 Å². The molecule has 1 heterocycles. The number of benzene rings is 1. The van der Waals surface area contributed by atoms with Gasteiger partial charge in [-0.25, -0.2) is 13.1 Å². The van der Waals surface area contributed by atoms with Gasteiger partial charge in [-0.2, -0.15) is 0 Å². The lowest BCUT2D eigenvalue weighted by Gasteiger charge is -2.08. The SMILES string of the molecule is Nc1ccccc1CS(=O)(=O)NCc1sccc1Br. The molecule has 1 aromatic carbocycles. The Labute approximate surface area is 124 Å². The van der Waals surface area contributed by atoms with E-state index in [9.17, 15) is 8.42 Å². The summed E-state index contributed by atoms with van der Waals surface area (Å²) in [5.74, 6) is -0.108. The van der Waals surface area contributed by atoms with Gasteiger partial charge < -0.3 is 5.73 Å². The van der Waals surface area contributed by atoms with Crippen LogP contribution in [-0.4, -0.2) is 8.42 Å². The average Bonchev–Trinajstić information content (AvgIpc) is 2.75. The summed E-state index contributed by atoms with van der Waals surface area (Å²) in [6.45, 7) is 0.285. The Bertz CT molecular complexity index is 668. The Morgan fingerprint density at radius 1 is 1.26 bits per heavy atom. The van der Waals surface area contributed by atoms with Crippen molar-refractivity contribution in [2.24, 2.45) is 0 Å². The molecule has 0 fully saturated rings. The molecule has 0 aliphatic heterocycles. The van der Waals surface area contributed by atoms with Crippen molar-refractivity contribution < 1.29 is 8.42 Å². The summed E-state index contributed by atoms with van der Waals surface area (Å²) in [7, 11) is -3.39. The summed E-state index contributed by atoms with van der Waals surface area (Å²) in [5.41, 5.74) is 6.85. The number of hydrogen-bond donors (Lipinski definition) is 2. The van der Waals surface area contributed by atoms with E-state index in [0.717, 1.165) is 9.35 Å². The van der Waals surface area contributed by atoms with E-state index < -0.39 is 10.0 Å². The highest BCUT2D eigenvalue weighted by Gasteiger charge is 2.14. The van der Waals surface area contributed by atoms with E-state index in [1.807, 2.05) is 11.4 Å². The quantitative estimate of drug-likeness (QED) is 0.805. The first kappa shape index (κ1) is 14.5. The van der Waals surface area contributed by atoms with E-state index in [1.54, 1.807) is 24.3 Å². The fourth-order valence-electron chi connectivity index (χ4n) is 1.55. The zero-order valence-electron chi connectivity index (χ0n) is 9.97. The minimum Gasteiger partial charge on any atom is -0.398 e.